The average molecular weight is 291 g/mol. The molecular weight excluding hydrogens is 272 g/mol. The predicted molar refractivity (Wildman–Crippen MR) is 82.2 cm³/mol. The second-order valence-electron chi connectivity index (χ2n) is 5.11. The van der Waals surface area contributed by atoms with Gasteiger partial charge in [-0.1, -0.05) is 55.8 Å². The van der Waals surface area contributed by atoms with Crippen molar-refractivity contribution in [2.45, 2.75) is 33.0 Å². The van der Waals surface area contributed by atoms with Crippen molar-refractivity contribution in [3.05, 3.63) is 64.2 Å². The smallest absolute Gasteiger partial charge is 0.138 e. The molecule has 0 saturated carbocycles. The number of aliphatic hydroxyl groups excluding tert-OH is 1. The van der Waals surface area contributed by atoms with Crippen molar-refractivity contribution in [3.63, 3.8) is 0 Å². The molecule has 2 aromatic carbocycles. The van der Waals surface area contributed by atoms with Crippen molar-refractivity contribution in [3.8, 4) is 5.75 Å². The fourth-order valence-electron chi connectivity index (χ4n) is 1.92. The third-order valence-electron chi connectivity index (χ3n) is 3.22. The predicted octanol–water partition coefficient (Wildman–Crippen LogP) is 4.53. The molecule has 0 amide bonds. The summed E-state index contributed by atoms with van der Waals surface area (Å²) >= 11 is 6.11. The van der Waals surface area contributed by atoms with Crippen molar-refractivity contribution >= 4 is 11.6 Å². The maximum absolute atomic E-state index is 9.03. The van der Waals surface area contributed by atoms with E-state index in [1.54, 1.807) is 12.1 Å². The minimum Gasteiger partial charge on any atom is -0.487 e. The Hall–Kier alpha value is -1.51. The molecule has 2 rings (SSSR count). The lowest BCUT2D eigenvalue weighted by Crippen LogP contribution is -1.97. The van der Waals surface area contributed by atoms with Gasteiger partial charge in [-0.25, -0.2) is 0 Å². The molecule has 0 fully saturated rings. The van der Waals surface area contributed by atoms with E-state index in [-0.39, 0.29) is 6.61 Å². The van der Waals surface area contributed by atoms with Gasteiger partial charge in [-0.05, 0) is 34.7 Å². The van der Waals surface area contributed by atoms with E-state index in [4.69, 9.17) is 21.4 Å². The lowest BCUT2D eigenvalue weighted by atomic mass is 10.0. The summed E-state index contributed by atoms with van der Waals surface area (Å²) in [5.41, 5.74) is 3.21. The molecule has 0 aliphatic heterocycles. The highest BCUT2D eigenvalue weighted by Gasteiger charge is 2.04. The molecule has 0 heterocycles. The molecule has 0 unspecified atom stereocenters. The molecule has 3 heteroatoms. The SMILES string of the molecule is CC(C)c1ccc(COc2ccc(CO)cc2Cl)cc1. The first-order valence-corrected chi connectivity index (χ1v) is 7.09. The second-order valence-corrected chi connectivity index (χ2v) is 5.52. The molecule has 0 spiro atoms. The Morgan fingerprint density at radius 1 is 1.05 bits per heavy atom. The Bertz CT molecular complexity index is 562. The molecule has 2 aromatic rings. The van der Waals surface area contributed by atoms with E-state index in [0.717, 1.165) is 11.1 Å². The van der Waals surface area contributed by atoms with Crippen molar-refractivity contribution in [2.24, 2.45) is 0 Å². The molecule has 1 N–H and O–H groups in total. The Labute approximate surface area is 125 Å². The van der Waals surface area contributed by atoms with Crippen LogP contribution >= 0.6 is 11.6 Å². The molecule has 0 bridgehead atoms. The van der Waals surface area contributed by atoms with E-state index in [0.29, 0.717) is 23.3 Å². The lowest BCUT2D eigenvalue weighted by molar-refractivity contribution is 0.281. The van der Waals surface area contributed by atoms with Crippen LogP contribution in [0.1, 0.15) is 36.5 Å². The van der Waals surface area contributed by atoms with E-state index in [2.05, 4.69) is 38.1 Å². The third-order valence-corrected chi connectivity index (χ3v) is 3.51. The molecule has 0 saturated heterocycles. The summed E-state index contributed by atoms with van der Waals surface area (Å²) in [6.07, 6.45) is 0. The van der Waals surface area contributed by atoms with Gasteiger partial charge < -0.3 is 9.84 Å². The van der Waals surface area contributed by atoms with Crippen LogP contribution in [0.4, 0.5) is 0 Å². The number of hydrogen-bond donors (Lipinski definition) is 1. The first-order chi connectivity index (χ1) is 9.60. The van der Waals surface area contributed by atoms with Gasteiger partial charge in [-0.2, -0.15) is 0 Å². The van der Waals surface area contributed by atoms with Gasteiger partial charge in [0.1, 0.15) is 12.4 Å². The van der Waals surface area contributed by atoms with Gasteiger partial charge in [0.15, 0.2) is 0 Å². The topological polar surface area (TPSA) is 29.5 Å². The standard InChI is InChI=1S/C17H19ClO2/c1-12(2)15-6-3-13(4-7-15)11-20-17-8-5-14(10-19)9-16(17)18/h3-9,12,19H,10-11H2,1-2H3. The average Bonchev–Trinajstić information content (AvgIpc) is 2.46. The Morgan fingerprint density at radius 3 is 2.25 bits per heavy atom. The second kappa shape index (κ2) is 6.78. The quantitative estimate of drug-likeness (QED) is 0.876. The number of halogens is 1. The summed E-state index contributed by atoms with van der Waals surface area (Å²) in [7, 11) is 0. The first-order valence-electron chi connectivity index (χ1n) is 6.71. The van der Waals surface area contributed by atoms with Crippen molar-refractivity contribution in [2.75, 3.05) is 0 Å². The van der Waals surface area contributed by atoms with Crippen molar-refractivity contribution in [1.82, 2.24) is 0 Å². The number of aliphatic hydroxyl groups is 1. The van der Waals surface area contributed by atoms with Gasteiger partial charge in [-0.3, -0.25) is 0 Å². The van der Waals surface area contributed by atoms with Crippen LogP contribution in [0.3, 0.4) is 0 Å². The van der Waals surface area contributed by atoms with Gasteiger partial charge in [-0.15, -0.1) is 0 Å². The van der Waals surface area contributed by atoms with E-state index in [1.807, 2.05) is 6.07 Å². The normalized spacial score (nSPS) is 10.8. The minimum atomic E-state index is -0.0172. The molecule has 0 aliphatic rings. The van der Waals surface area contributed by atoms with Gasteiger partial charge in [0.05, 0.1) is 11.6 Å². The zero-order valence-electron chi connectivity index (χ0n) is 11.8. The molecule has 0 radical (unpaired) electrons. The van der Waals surface area contributed by atoms with Gasteiger partial charge in [0, 0.05) is 0 Å². The van der Waals surface area contributed by atoms with Crippen LogP contribution in [0, 0.1) is 0 Å². The molecule has 0 aliphatic carbocycles. The summed E-state index contributed by atoms with van der Waals surface area (Å²) in [5, 5.41) is 9.56. The number of ether oxygens (including phenoxy) is 1. The molecule has 106 valence electrons. The van der Waals surface area contributed by atoms with Crippen LogP contribution in [0.25, 0.3) is 0 Å². The molecule has 0 atom stereocenters. The highest BCUT2D eigenvalue weighted by atomic mass is 35.5. The number of hydrogen-bond acceptors (Lipinski definition) is 2. The van der Waals surface area contributed by atoms with E-state index >= 15 is 0 Å². The molecule has 2 nitrogen and oxygen atoms in total. The van der Waals surface area contributed by atoms with Crippen LogP contribution in [-0.4, -0.2) is 5.11 Å². The zero-order valence-corrected chi connectivity index (χ0v) is 12.5. The fraction of sp³-hybridized carbons (Fsp3) is 0.294. The Morgan fingerprint density at radius 2 is 1.70 bits per heavy atom. The van der Waals surface area contributed by atoms with Crippen LogP contribution in [0.15, 0.2) is 42.5 Å². The zero-order chi connectivity index (χ0) is 14.5. The summed E-state index contributed by atoms with van der Waals surface area (Å²) in [5.74, 6) is 1.17. The van der Waals surface area contributed by atoms with Crippen molar-refractivity contribution < 1.29 is 9.84 Å². The van der Waals surface area contributed by atoms with Gasteiger partial charge in [0.2, 0.25) is 0 Å². The van der Waals surface area contributed by atoms with Gasteiger partial charge in [0.25, 0.3) is 0 Å². The Kier molecular flexibility index (Phi) is 5.05. The molecule has 0 aromatic heterocycles. The molecular formula is C17H19ClO2. The third kappa shape index (κ3) is 3.75. The van der Waals surface area contributed by atoms with E-state index in [1.165, 1.54) is 5.56 Å². The maximum Gasteiger partial charge on any atom is 0.138 e. The number of benzene rings is 2. The van der Waals surface area contributed by atoms with Crippen LogP contribution in [-0.2, 0) is 13.2 Å². The summed E-state index contributed by atoms with van der Waals surface area (Å²) < 4.78 is 5.71. The number of rotatable bonds is 5. The first kappa shape index (κ1) is 14.9. The summed E-state index contributed by atoms with van der Waals surface area (Å²) in [6, 6.07) is 13.7. The van der Waals surface area contributed by atoms with E-state index < -0.39 is 0 Å². The highest BCUT2D eigenvalue weighted by Crippen LogP contribution is 2.26. The highest BCUT2D eigenvalue weighted by molar-refractivity contribution is 6.32. The monoisotopic (exact) mass is 290 g/mol. The van der Waals surface area contributed by atoms with E-state index in [9.17, 15) is 0 Å². The molecule has 20 heavy (non-hydrogen) atoms. The fourth-order valence-corrected chi connectivity index (χ4v) is 2.18. The summed E-state index contributed by atoms with van der Waals surface area (Å²) in [4.78, 5) is 0. The largest absolute Gasteiger partial charge is 0.487 e. The Balaban J connectivity index is 2.01. The van der Waals surface area contributed by atoms with Crippen LogP contribution in [0.2, 0.25) is 5.02 Å². The minimum absolute atomic E-state index is 0.0172. The van der Waals surface area contributed by atoms with Crippen LogP contribution in [0.5, 0.6) is 5.75 Å². The van der Waals surface area contributed by atoms with Crippen molar-refractivity contribution in [1.29, 1.82) is 0 Å². The van der Waals surface area contributed by atoms with Crippen LogP contribution < -0.4 is 4.74 Å². The maximum atomic E-state index is 9.03. The lowest BCUT2D eigenvalue weighted by Gasteiger charge is -2.10. The van der Waals surface area contributed by atoms with Gasteiger partial charge >= 0.3 is 0 Å². The summed E-state index contributed by atoms with van der Waals surface area (Å²) in [6.45, 7) is 4.81.